The van der Waals surface area contributed by atoms with Crippen LogP contribution in [0.3, 0.4) is 0 Å². The Hall–Kier alpha value is -2.11. The van der Waals surface area contributed by atoms with Gasteiger partial charge in [-0.25, -0.2) is 9.18 Å². The highest BCUT2D eigenvalue weighted by Gasteiger charge is 2.17. The summed E-state index contributed by atoms with van der Waals surface area (Å²) in [6.07, 6.45) is -0.858. The Morgan fingerprint density at radius 3 is 2.61 bits per heavy atom. The fourth-order valence-corrected chi connectivity index (χ4v) is 1.28. The Morgan fingerprint density at radius 1 is 1.44 bits per heavy atom. The van der Waals surface area contributed by atoms with E-state index in [0.717, 1.165) is 6.07 Å². The molecule has 0 saturated carbocycles. The molecule has 1 aromatic rings. The van der Waals surface area contributed by atoms with Gasteiger partial charge in [0.05, 0.1) is 12.2 Å². The van der Waals surface area contributed by atoms with Gasteiger partial charge in [-0.1, -0.05) is 0 Å². The first-order valence-electron chi connectivity index (χ1n) is 5.38. The molecule has 0 aliphatic carbocycles. The first-order chi connectivity index (χ1) is 8.45. The standard InChI is InChI=1S/C12H14FNO4/c1-3-17-12(16)7(2)18-8-4-5-9(11(14)15)10(13)6-8/h4-7H,3H2,1-2H3,(H2,14,15). The highest BCUT2D eigenvalue weighted by atomic mass is 19.1. The lowest BCUT2D eigenvalue weighted by atomic mass is 10.2. The lowest BCUT2D eigenvalue weighted by Crippen LogP contribution is -2.26. The molecule has 1 atom stereocenters. The molecule has 1 unspecified atom stereocenters. The van der Waals surface area contributed by atoms with Crippen LogP contribution in [-0.2, 0) is 9.53 Å². The molecule has 1 amide bonds. The minimum Gasteiger partial charge on any atom is -0.479 e. The molecule has 1 aromatic carbocycles. The molecule has 0 bridgehead atoms. The first kappa shape index (κ1) is 14.0. The van der Waals surface area contributed by atoms with Gasteiger partial charge in [-0.15, -0.1) is 0 Å². The summed E-state index contributed by atoms with van der Waals surface area (Å²) in [5, 5.41) is 0. The van der Waals surface area contributed by atoms with Crippen molar-refractivity contribution in [1.29, 1.82) is 0 Å². The van der Waals surface area contributed by atoms with Crippen LogP contribution in [0, 0.1) is 5.82 Å². The number of hydrogen-bond acceptors (Lipinski definition) is 4. The summed E-state index contributed by atoms with van der Waals surface area (Å²) in [5.41, 5.74) is 4.73. The molecule has 0 fully saturated rings. The molecule has 0 radical (unpaired) electrons. The minimum atomic E-state index is -0.863. The lowest BCUT2D eigenvalue weighted by molar-refractivity contribution is -0.150. The van der Waals surface area contributed by atoms with E-state index in [-0.39, 0.29) is 17.9 Å². The normalized spacial score (nSPS) is 11.7. The van der Waals surface area contributed by atoms with Crippen LogP contribution in [0.2, 0.25) is 0 Å². The second-order valence-electron chi connectivity index (χ2n) is 3.52. The van der Waals surface area contributed by atoms with Gasteiger partial charge in [0.2, 0.25) is 0 Å². The maximum absolute atomic E-state index is 13.4. The Kier molecular flexibility index (Phi) is 4.65. The maximum Gasteiger partial charge on any atom is 0.347 e. The van der Waals surface area contributed by atoms with Crippen molar-refractivity contribution in [3.8, 4) is 5.75 Å². The Balaban J connectivity index is 2.77. The number of halogens is 1. The zero-order valence-electron chi connectivity index (χ0n) is 10.1. The molecule has 18 heavy (non-hydrogen) atoms. The molecular weight excluding hydrogens is 241 g/mol. The van der Waals surface area contributed by atoms with Gasteiger partial charge in [0.1, 0.15) is 11.6 Å². The SMILES string of the molecule is CCOC(=O)C(C)Oc1ccc(C(N)=O)c(F)c1. The molecule has 2 N–H and O–H groups in total. The molecule has 0 aliphatic heterocycles. The molecule has 0 spiro atoms. The van der Waals surface area contributed by atoms with E-state index in [9.17, 15) is 14.0 Å². The number of rotatable bonds is 5. The zero-order chi connectivity index (χ0) is 13.7. The summed E-state index contributed by atoms with van der Waals surface area (Å²) in [6, 6.07) is 3.56. The third-order valence-electron chi connectivity index (χ3n) is 2.14. The van der Waals surface area contributed by atoms with E-state index in [2.05, 4.69) is 0 Å². The lowest BCUT2D eigenvalue weighted by Gasteiger charge is -2.13. The summed E-state index contributed by atoms with van der Waals surface area (Å²) in [4.78, 5) is 22.1. The van der Waals surface area contributed by atoms with E-state index >= 15 is 0 Å². The second kappa shape index (κ2) is 6.00. The molecule has 0 heterocycles. The number of ether oxygens (including phenoxy) is 2. The molecular formula is C12H14FNO4. The van der Waals surface area contributed by atoms with Gasteiger partial charge in [0.15, 0.2) is 6.10 Å². The van der Waals surface area contributed by atoms with E-state index in [1.807, 2.05) is 0 Å². The van der Waals surface area contributed by atoms with Crippen LogP contribution in [0.1, 0.15) is 24.2 Å². The van der Waals surface area contributed by atoms with Crippen LogP contribution in [0.5, 0.6) is 5.75 Å². The van der Waals surface area contributed by atoms with Crippen LogP contribution in [-0.4, -0.2) is 24.6 Å². The highest BCUT2D eigenvalue weighted by Crippen LogP contribution is 2.17. The number of nitrogens with two attached hydrogens (primary N) is 1. The van der Waals surface area contributed by atoms with Gasteiger partial charge in [-0.05, 0) is 26.0 Å². The van der Waals surface area contributed by atoms with Crippen molar-refractivity contribution in [3.63, 3.8) is 0 Å². The van der Waals surface area contributed by atoms with Gasteiger partial charge in [-0.3, -0.25) is 4.79 Å². The summed E-state index contributed by atoms with van der Waals surface area (Å²) in [6.45, 7) is 3.39. The van der Waals surface area contributed by atoms with E-state index in [1.165, 1.54) is 19.1 Å². The Labute approximate surface area is 104 Å². The third kappa shape index (κ3) is 3.44. The number of benzene rings is 1. The van der Waals surface area contributed by atoms with Gasteiger partial charge >= 0.3 is 5.97 Å². The Bertz CT molecular complexity index is 461. The summed E-state index contributed by atoms with van der Waals surface area (Å²) < 4.78 is 23.3. The molecule has 5 nitrogen and oxygen atoms in total. The quantitative estimate of drug-likeness (QED) is 0.803. The van der Waals surface area contributed by atoms with Crippen molar-refractivity contribution in [2.24, 2.45) is 5.73 Å². The number of hydrogen-bond donors (Lipinski definition) is 1. The molecule has 98 valence electrons. The summed E-state index contributed by atoms with van der Waals surface area (Å²) >= 11 is 0. The van der Waals surface area contributed by atoms with Crippen LogP contribution in [0.15, 0.2) is 18.2 Å². The predicted octanol–water partition coefficient (Wildman–Crippen LogP) is 1.25. The monoisotopic (exact) mass is 255 g/mol. The maximum atomic E-state index is 13.4. The largest absolute Gasteiger partial charge is 0.479 e. The first-order valence-corrected chi connectivity index (χ1v) is 5.38. The van der Waals surface area contributed by atoms with Crippen molar-refractivity contribution in [1.82, 2.24) is 0 Å². The average molecular weight is 255 g/mol. The summed E-state index contributed by atoms with van der Waals surface area (Å²) in [5.74, 6) is -2.08. The molecule has 0 aromatic heterocycles. The van der Waals surface area contributed by atoms with Crippen LogP contribution in [0.4, 0.5) is 4.39 Å². The minimum absolute atomic E-state index is 0.123. The fourth-order valence-electron chi connectivity index (χ4n) is 1.28. The smallest absolute Gasteiger partial charge is 0.347 e. The zero-order valence-corrected chi connectivity index (χ0v) is 10.1. The van der Waals surface area contributed by atoms with Crippen LogP contribution < -0.4 is 10.5 Å². The second-order valence-corrected chi connectivity index (χ2v) is 3.52. The number of esters is 1. The Morgan fingerprint density at radius 2 is 2.11 bits per heavy atom. The molecule has 1 rings (SSSR count). The topological polar surface area (TPSA) is 78.6 Å². The van der Waals surface area contributed by atoms with Crippen molar-refractivity contribution < 1.29 is 23.5 Å². The van der Waals surface area contributed by atoms with Gasteiger partial charge < -0.3 is 15.2 Å². The van der Waals surface area contributed by atoms with E-state index < -0.39 is 23.8 Å². The van der Waals surface area contributed by atoms with E-state index in [0.29, 0.717) is 0 Å². The number of carbonyl (C=O) groups is 2. The number of amides is 1. The van der Waals surface area contributed by atoms with E-state index in [4.69, 9.17) is 15.2 Å². The highest BCUT2D eigenvalue weighted by molar-refractivity contribution is 5.93. The van der Waals surface area contributed by atoms with Crippen LogP contribution in [0.25, 0.3) is 0 Å². The van der Waals surface area contributed by atoms with Crippen molar-refractivity contribution in [2.45, 2.75) is 20.0 Å². The van der Waals surface area contributed by atoms with Crippen molar-refractivity contribution in [2.75, 3.05) is 6.61 Å². The average Bonchev–Trinajstić information content (AvgIpc) is 2.28. The van der Waals surface area contributed by atoms with Crippen molar-refractivity contribution in [3.05, 3.63) is 29.6 Å². The number of primary amides is 1. The molecule has 6 heteroatoms. The third-order valence-corrected chi connectivity index (χ3v) is 2.14. The number of carbonyl (C=O) groups excluding carboxylic acids is 2. The van der Waals surface area contributed by atoms with E-state index in [1.54, 1.807) is 6.92 Å². The predicted molar refractivity (Wildman–Crippen MR) is 61.6 cm³/mol. The van der Waals surface area contributed by atoms with Crippen molar-refractivity contribution >= 4 is 11.9 Å². The summed E-state index contributed by atoms with van der Waals surface area (Å²) in [7, 11) is 0. The fraction of sp³-hybridized carbons (Fsp3) is 0.333. The van der Waals surface area contributed by atoms with Crippen LogP contribution >= 0.6 is 0 Å². The van der Waals surface area contributed by atoms with Gasteiger partial charge in [0, 0.05) is 6.07 Å². The molecule has 0 saturated heterocycles. The molecule has 0 aliphatic rings. The van der Waals surface area contributed by atoms with Gasteiger partial charge in [0.25, 0.3) is 5.91 Å². The van der Waals surface area contributed by atoms with Gasteiger partial charge in [-0.2, -0.15) is 0 Å².